The van der Waals surface area contributed by atoms with Crippen LogP contribution in [0.15, 0.2) is 40.6 Å². The molecule has 4 nitrogen and oxygen atoms in total. The first-order valence-corrected chi connectivity index (χ1v) is 11.3. The number of thiophene rings is 1. The minimum atomic E-state index is -4.47. The molecule has 0 fully saturated rings. The Kier molecular flexibility index (Phi) is 6.95. The van der Waals surface area contributed by atoms with E-state index in [1.165, 1.54) is 10.9 Å². The second kappa shape index (κ2) is 9.23. The predicted molar refractivity (Wildman–Crippen MR) is 108 cm³/mol. The summed E-state index contributed by atoms with van der Waals surface area (Å²) in [7, 11) is 0. The highest BCUT2D eigenvalue weighted by molar-refractivity contribution is 8.01. The Morgan fingerprint density at radius 1 is 1.29 bits per heavy atom. The van der Waals surface area contributed by atoms with Gasteiger partial charge < -0.3 is 10.6 Å². The van der Waals surface area contributed by atoms with E-state index in [9.17, 15) is 22.8 Å². The van der Waals surface area contributed by atoms with Gasteiger partial charge in [-0.15, -0.1) is 23.1 Å². The molecule has 1 aliphatic rings. The molecule has 0 radical (unpaired) electrons. The number of halogens is 3. The zero-order valence-electron chi connectivity index (χ0n) is 14.5. The van der Waals surface area contributed by atoms with Gasteiger partial charge in [-0.25, -0.2) is 0 Å². The first kappa shape index (κ1) is 21.1. The fraction of sp³-hybridized carbons (Fsp3) is 0.333. The van der Waals surface area contributed by atoms with E-state index in [1.807, 2.05) is 11.4 Å². The third kappa shape index (κ3) is 5.68. The lowest BCUT2D eigenvalue weighted by atomic mass is 10.1. The number of amides is 2. The van der Waals surface area contributed by atoms with E-state index in [-0.39, 0.29) is 18.0 Å². The molecule has 0 saturated carbocycles. The summed E-state index contributed by atoms with van der Waals surface area (Å²) in [5, 5.41) is 6.62. The van der Waals surface area contributed by atoms with Gasteiger partial charge in [0.2, 0.25) is 11.8 Å². The average molecular weight is 447 g/mol. The molecule has 2 aromatic rings. The molecule has 1 aliphatic heterocycles. The predicted octanol–water partition coefficient (Wildman–Crippen LogP) is 4.62. The van der Waals surface area contributed by atoms with Crippen molar-refractivity contribution >= 4 is 52.4 Å². The second-order valence-electron chi connectivity index (χ2n) is 5.99. The highest BCUT2D eigenvalue weighted by Gasteiger charge is 2.34. The van der Waals surface area contributed by atoms with Crippen molar-refractivity contribution in [1.82, 2.24) is 5.32 Å². The fourth-order valence-corrected chi connectivity index (χ4v) is 5.32. The van der Waals surface area contributed by atoms with Crippen molar-refractivity contribution in [3.05, 3.63) is 46.2 Å². The standard InChI is InChI=1S/C18H17F3N2O2S3/c19-18(20,21)11-3-4-14-13(8-11)23-17(25)15(28-14)9-16(24)22-5-7-26-10-12-2-1-6-27-12/h1-4,6,8,15H,5,7,9-10H2,(H,22,24)(H,23,25). The molecule has 28 heavy (non-hydrogen) atoms. The highest BCUT2D eigenvalue weighted by atomic mass is 32.2. The zero-order valence-corrected chi connectivity index (χ0v) is 17.0. The molecule has 3 rings (SSSR count). The van der Waals surface area contributed by atoms with Crippen LogP contribution in [0.25, 0.3) is 0 Å². The van der Waals surface area contributed by atoms with Crippen LogP contribution in [-0.4, -0.2) is 29.4 Å². The van der Waals surface area contributed by atoms with Gasteiger partial charge in [0, 0.05) is 34.2 Å². The summed E-state index contributed by atoms with van der Waals surface area (Å²) in [6.45, 7) is 0.499. The largest absolute Gasteiger partial charge is 0.416 e. The summed E-state index contributed by atoms with van der Waals surface area (Å²) in [5.41, 5.74) is -0.685. The maximum absolute atomic E-state index is 12.8. The van der Waals surface area contributed by atoms with Gasteiger partial charge in [-0.3, -0.25) is 9.59 Å². The summed E-state index contributed by atoms with van der Waals surface area (Å²) in [6, 6.07) is 7.28. The minimum Gasteiger partial charge on any atom is -0.355 e. The second-order valence-corrected chi connectivity index (χ2v) is 9.37. The molecule has 2 N–H and O–H groups in total. The molecule has 0 aliphatic carbocycles. The maximum atomic E-state index is 12.8. The fourth-order valence-electron chi connectivity index (χ4n) is 2.53. The van der Waals surface area contributed by atoms with Gasteiger partial charge in [0.15, 0.2) is 0 Å². The SMILES string of the molecule is O=C(CC1Sc2ccc(C(F)(F)F)cc2NC1=O)NCCSCc1cccs1. The summed E-state index contributed by atoms with van der Waals surface area (Å²) < 4.78 is 38.3. The smallest absolute Gasteiger partial charge is 0.355 e. The molecule has 0 bridgehead atoms. The van der Waals surface area contributed by atoms with Crippen molar-refractivity contribution in [2.45, 2.75) is 28.5 Å². The van der Waals surface area contributed by atoms with Crippen molar-refractivity contribution in [2.75, 3.05) is 17.6 Å². The summed E-state index contributed by atoms with van der Waals surface area (Å²) in [5.74, 6) is 0.945. The van der Waals surface area contributed by atoms with Crippen LogP contribution in [0.2, 0.25) is 0 Å². The monoisotopic (exact) mass is 446 g/mol. The van der Waals surface area contributed by atoms with E-state index in [2.05, 4.69) is 16.7 Å². The Labute approximate surface area is 172 Å². The molecule has 10 heteroatoms. The summed E-state index contributed by atoms with van der Waals surface area (Å²) in [4.78, 5) is 26.1. The van der Waals surface area contributed by atoms with E-state index in [4.69, 9.17) is 0 Å². The number of hydrogen-bond donors (Lipinski definition) is 2. The van der Waals surface area contributed by atoms with Gasteiger partial charge in [-0.2, -0.15) is 24.9 Å². The summed E-state index contributed by atoms with van der Waals surface area (Å²) >= 11 is 4.51. The Morgan fingerprint density at radius 2 is 2.11 bits per heavy atom. The topological polar surface area (TPSA) is 58.2 Å². The van der Waals surface area contributed by atoms with E-state index in [1.54, 1.807) is 23.1 Å². The number of fused-ring (bicyclic) bond motifs is 1. The highest BCUT2D eigenvalue weighted by Crippen LogP contribution is 2.40. The van der Waals surface area contributed by atoms with Crippen LogP contribution in [-0.2, 0) is 21.5 Å². The van der Waals surface area contributed by atoms with E-state index >= 15 is 0 Å². The van der Waals surface area contributed by atoms with E-state index in [0.717, 1.165) is 35.4 Å². The van der Waals surface area contributed by atoms with Gasteiger partial charge >= 0.3 is 6.18 Å². The van der Waals surface area contributed by atoms with Crippen molar-refractivity contribution in [2.24, 2.45) is 0 Å². The third-order valence-corrected chi connectivity index (χ3v) is 7.23. The molecule has 1 aromatic carbocycles. The molecule has 1 aromatic heterocycles. The van der Waals surface area contributed by atoms with E-state index in [0.29, 0.717) is 11.4 Å². The maximum Gasteiger partial charge on any atom is 0.416 e. The Hall–Kier alpha value is -1.65. The number of carbonyl (C=O) groups is 2. The Balaban J connectivity index is 1.45. The lowest BCUT2D eigenvalue weighted by molar-refractivity contribution is -0.137. The molecule has 1 atom stereocenters. The molecule has 2 heterocycles. The number of nitrogens with one attached hydrogen (secondary N) is 2. The number of alkyl halides is 3. The van der Waals surface area contributed by atoms with Crippen LogP contribution >= 0.6 is 34.9 Å². The zero-order chi connectivity index (χ0) is 20.1. The lowest BCUT2D eigenvalue weighted by Gasteiger charge is -2.24. The summed E-state index contributed by atoms with van der Waals surface area (Å²) in [6.07, 6.45) is -4.49. The van der Waals surface area contributed by atoms with Crippen LogP contribution in [0.5, 0.6) is 0 Å². The first-order valence-electron chi connectivity index (χ1n) is 8.38. The molecule has 150 valence electrons. The van der Waals surface area contributed by atoms with E-state index < -0.39 is 22.9 Å². The number of benzene rings is 1. The van der Waals surface area contributed by atoms with Gasteiger partial charge in [0.05, 0.1) is 16.5 Å². The number of thioether (sulfide) groups is 2. The molecule has 2 amide bonds. The number of hydrogen-bond acceptors (Lipinski definition) is 5. The van der Waals surface area contributed by atoms with Gasteiger partial charge in [-0.05, 0) is 29.6 Å². The average Bonchev–Trinajstić information content (AvgIpc) is 3.14. The molecular formula is C18H17F3N2O2S3. The van der Waals surface area contributed by atoms with Crippen molar-refractivity contribution in [3.63, 3.8) is 0 Å². The minimum absolute atomic E-state index is 0.0213. The van der Waals surface area contributed by atoms with Crippen molar-refractivity contribution < 1.29 is 22.8 Å². The van der Waals surface area contributed by atoms with Crippen LogP contribution in [0.3, 0.4) is 0 Å². The lowest BCUT2D eigenvalue weighted by Crippen LogP contribution is -2.35. The number of anilines is 1. The Morgan fingerprint density at radius 3 is 2.82 bits per heavy atom. The normalized spacial score (nSPS) is 16.4. The van der Waals surface area contributed by atoms with Gasteiger partial charge in [0.1, 0.15) is 0 Å². The Bertz CT molecular complexity index is 841. The molecule has 1 unspecified atom stereocenters. The quantitative estimate of drug-likeness (QED) is 0.610. The third-order valence-electron chi connectivity index (χ3n) is 3.89. The van der Waals surface area contributed by atoms with Crippen LogP contribution in [0.1, 0.15) is 16.9 Å². The van der Waals surface area contributed by atoms with Crippen LogP contribution in [0.4, 0.5) is 18.9 Å². The van der Waals surface area contributed by atoms with Gasteiger partial charge in [0.25, 0.3) is 0 Å². The van der Waals surface area contributed by atoms with Crippen molar-refractivity contribution in [1.29, 1.82) is 0 Å². The van der Waals surface area contributed by atoms with Gasteiger partial charge in [-0.1, -0.05) is 6.07 Å². The molecule has 0 saturated heterocycles. The number of carbonyl (C=O) groups excluding carboxylic acids is 2. The number of rotatable bonds is 7. The molecular weight excluding hydrogens is 429 g/mol. The first-order chi connectivity index (χ1) is 13.3. The molecule has 0 spiro atoms. The van der Waals surface area contributed by atoms with Crippen LogP contribution in [0, 0.1) is 0 Å². The van der Waals surface area contributed by atoms with Crippen LogP contribution < -0.4 is 10.6 Å². The van der Waals surface area contributed by atoms with Crippen molar-refractivity contribution in [3.8, 4) is 0 Å².